The zero-order valence-electron chi connectivity index (χ0n) is 13.3. The lowest BCUT2D eigenvalue weighted by Gasteiger charge is -2.12. The number of hydrogen-bond donors (Lipinski definition) is 1. The van der Waals surface area contributed by atoms with E-state index in [-0.39, 0.29) is 11.3 Å². The monoisotopic (exact) mass is 319 g/mol. The Labute approximate surface area is 139 Å². The van der Waals surface area contributed by atoms with Gasteiger partial charge >= 0.3 is 0 Å². The molecule has 0 saturated heterocycles. The Morgan fingerprint density at radius 3 is 2.46 bits per heavy atom. The Bertz CT molecular complexity index is 985. The lowest BCUT2D eigenvalue weighted by Crippen LogP contribution is -2.26. The van der Waals surface area contributed by atoms with Gasteiger partial charge in [-0.2, -0.15) is 0 Å². The molecule has 0 atom stereocenters. The number of carbonyl (C=O) groups is 1. The van der Waals surface area contributed by atoms with Gasteiger partial charge in [0, 0.05) is 11.9 Å². The molecule has 24 heavy (non-hydrogen) atoms. The molecule has 1 heterocycles. The third-order valence-corrected chi connectivity index (χ3v) is 3.94. The van der Waals surface area contributed by atoms with Crippen molar-refractivity contribution in [3.8, 4) is 5.75 Å². The van der Waals surface area contributed by atoms with E-state index >= 15 is 0 Å². The number of ketones is 1. The summed E-state index contributed by atoms with van der Waals surface area (Å²) in [6.07, 6.45) is 2.95. The SMILES string of the molecule is CCn1c(=O)c(C(=O)C=Cc2ccccc2)c(O)c2ccccc21. The molecule has 0 aliphatic rings. The molecule has 3 aromatic rings. The van der Waals surface area contributed by atoms with Crippen LogP contribution in [0.3, 0.4) is 0 Å². The van der Waals surface area contributed by atoms with Gasteiger partial charge in [-0.15, -0.1) is 0 Å². The smallest absolute Gasteiger partial charge is 0.266 e. The van der Waals surface area contributed by atoms with E-state index in [0.717, 1.165) is 5.56 Å². The van der Waals surface area contributed by atoms with Gasteiger partial charge in [0.25, 0.3) is 5.56 Å². The van der Waals surface area contributed by atoms with Crippen molar-refractivity contribution < 1.29 is 9.90 Å². The summed E-state index contributed by atoms with van der Waals surface area (Å²) in [4.78, 5) is 25.1. The van der Waals surface area contributed by atoms with Crippen LogP contribution in [0.5, 0.6) is 5.75 Å². The summed E-state index contributed by atoms with van der Waals surface area (Å²) >= 11 is 0. The summed E-state index contributed by atoms with van der Waals surface area (Å²) in [5, 5.41) is 10.9. The van der Waals surface area contributed by atoms with Gasteiger partial charge in [-0.3, -0.25) is 9.59 Å². The normalized spacial score (nSPS) is 11.2. The first kappa shape index (κ1) is 15.7. The molecule has 0 aliphatic heterocycles. The van der Waals surface area contributed by atoms with Crippen LogP contribution < -0.4 is 5.56 Å². The maximum absolute atomic E-state index is 12.6. The predicted octanol–water partition coefficient (Wildman–Crippen LogP) is 3.62. The standard InChI is InChI=1S/C20H17NO3/c1-2-21-16-11-7-6-10-15(16)19(23)18(20(21)24)17(22)13-12-14-8-4-3-5-9-14/h3-13,23H,2H2,1H3. The van der Waals surface area contributed by atoms with Crippen molar-refractivity contribution in [2.24, 2.45) is 0 Å². The van der Waals surface area contributed by atoms with Gasteiger partial charge in [-0.1, -0.05) is 48.5 Å². The second-order valence-corrected chi connectivity index (χ2v) is 5.40. The van der Waals surface area contributed by atoms with E-state index in [0.29, 0.717) is 17.4 Å². The van der Waals surface area contributed by atoms with Gasteiger partial charge in [0.2, 0.25) is 0 Å². The molecule has 0 aliphatic carbocycles. The first-order valence-corrected chi connectivity index (χ1v) is 7.75. The molecule has 0 saturated carbocycles. The molecule has 0 bridgehead atoms. The summed E-state index contributed by atoms with van der Waals surface area (Å²) < 4.78 is 1.50. The summed E-state index contributed by atoms with van der Waals surface area (Å²) in [6, 6.07) is 16.3. The zero-order chi connectivity index (χ0) is 17.1. The van der Waals surface area contributed by atoms with Crippen molar-refractivity contribution >= 4 is 22.8 Å². The van der Waals surface area contributed by atoms with Crippen LogP contribution in [0.2, 0.25) is 0 Å². The molecule has 3 rings (SSSR count). The summed E-state index contributed by atoms with van der Waals surface area (Å²) in [6.45, 7) is 2.25. The Kier molecular flexibility index (Phi) is 4.29. The highest BCUT2D eigenvalue weighted by Crippen LogP contribution is 2.26. The van der Waals surface area contributed by atoms with E-state index < -0.39 is 11.3 Å². The number of pyridine rings is 1. The number of hydrogen-bond acceptors (Lipinski definition) is 3. The maximum atomic E-state index is 12.6. The number of aryl methyl sites for hydroxylation is 1. The van der Waals surface area contributed by atoms with Crippen LogP contribution in [-0.4, -0.2) is 15.5 Å². The molecule has 0 amide bonds. The highest BCUT2D eigenvalue weighted by molar-refractivity contribution is 6.11. The Morgan fingerprint density at radius 1 is 1.08 bits per heavy atom. The van der Waals surface area contributed by atoms with Gasteiger partial charge in [0.15, 0.2) is 5.78 Å². The van der Waals surface area contributed by atoms with Gasteiger partial charge < -0.3 is 9.67 Å². The minimum Gasteiger partial charge on any atom is -0.506 e. The molecule has 2 aromatic carbocycles. The average Bonchev–Trinajstić information content (AvgIpc) is 2.61. The first-order valence-electron chi connectivity index (χ1n) is 7.75. The minimum absolute atomic E-state index is 0.192. The molecule has 1 aromatic heterocycles. The van der Waals surface area contributed by atoms with Gasteiger partial charge in [0.1, 0.15) is 11.3 Å². The van der Waals surface area contributed by atoms with Crippen molar-refractivity contribution in [1.29, 1.82) is 0 Å². The minimum atomic E-state index is -0.505. The van der Waals surface area contributed by atoms with Crippen LogP contribution in [0.25, 0.3) is 17.0 Å². The molecule has 4 heteroatoms. The van der Waals surface area contributed by atoms with E-state index in [1.54, 1.807) is 30.3 Å². The number of para-hydroxylation sites is 1. The van der Waals surface area contributed by atoms with Crippen LogP contribution >= 0.6 is 0 Å². The molecule has 0 unspecified atom stereocenters. The van der Waals surface area contributed by atoms with Crippen LogP contribution in [0.4, 0.5) is 0 Å². The molecule has 0 radical (unpaired) electrons. The maximum Gasteiger partial charge on any atom is 0.266 e. The third kappa shape index (κ3) is 2.74. The molecular formula is C20H17NO3. The third-order valence-electron chi connectivity index (χ3n) is 3.94. The molecule has 4 nitrogen and oxygen atoms in total. The number of aromatic hydroxyl groups is 1. The van der Waals surface area contributed by atoms with Crippen LogP contribution in [0.15, 0.2) is 65.5 Å². The Morgan fingerprint density at radius 2 is 1.75 bits per heavy atom. The topological polar surface area (TPSA) is 59.3 Å². The molecule has 120 valence electrons. The highest BCUT2D eigenvalue weighted by Gasteiger charge is 2.19. The number of benzene rings is 2. The van der Waals surface area contributed by atoms with Crippen molar-refractivity contribution in [1.82, 2.24) is 4.57 Å². The fraction of sp³-hybridized carbons (Fsp3) is 0.100. The average molecular weight is 319 g/mol. The van der Waals surface area contributed by atoms with E-state index in [9.17, 15) is 14.7 Å². The van der Waals surface area contributed by atoms with Crippen LogP contribution in [-0.2, 0) is 6.54 Å². The number of aromatic nitrogens is 1. The summed E-state index contributed by atoms with van der Waals surface area (Å²) in [5.74, 6) is -0.766. The Hall–Kier alpha value is -3.14. The second-order valence-electron chi connectivity index (χ2n) is 5.40. The van der Waals surface area contributed by atoms with E-state index in [1.807, 2.05) is 37.3 Å². The number of allylic oxidation sites excluding steroid dienone is 1. The fourth-order valence-corrected chi connectivity index (χ4v) is 2.75. The number of rotatable bonds is 4. The van der Waals surface area contributed by atoms with Gasteiger partial charge in [-0.05, 0) is 30.7 Å². The first-order chi connectivity index (χ1) is 11.6. The summed E-state index contributed by atoms with van der Waals surface area (Å²) in [7, 11) is 0. The molecule has 1 N–H and O–H groups in total. The number of fused-ring (bicyclic) bond motifs is 1. The van der Waals surface area contributed by atoms with E-state index in [4.69, 9.17) is 0 Å². The van der Waals surface area contributed by atoms with Crippen LogP contribution in [0, 0.1) is 0 Å². The van der Waals surface area contributed by atoms with Gasteiger partial charge in [-0.25, -0.2) is 0 Å². The fourth-order valence-electron chi connectivity index (χ4n) is 2.75. The Balaban J connectivity index is 2.14. The predicted molar refractivity (Wildman–Crippen MR) is 95.4 cm³/mol. The molecule has 0 fully saturated rings. The molecular weight excluding hydrogens is 302 g/mol. The lowest BCUT2D eigenvalue weighted by molar-refractivity contribution is 0.104. The summed E-state index contributed by atoms with van der Waals surface area (Å²) in [5.41, 5.74) is 0.798. The highest BCUT2D eigenvalue weighted by atomic mass is 16.3. The van der Waals surface area contributed by atoms with Crippen molar-refractivity contribution in [2.75, 3.05) is 0 Å². The van der Waals surface area contributed by atoms with Crippen molar-refractivity contribution in [3.05, 3.63) is 82.2 Å². The number of carbonyl (C=O) groups excluding carboxylic acids is 1. The van der Waals surface area contributed by atoms with E-state index in [2.05, 4.69) is 0 Å². The lowest BCUT2D eigenvalue weighted by atomic mass is 10.1. The molecule has 0 spiro atoms. The van der Waals surface area contributed by atoms with Crippen LogP contribution in [0.1, 0.15) is 22.8 Å². The van der Waals surface area contributed by atoms with E-state index in [1.165, 1.54) is 10.6 Å². The van der Waals surface area contributed by atoms with Crippen molar-refractivity contribution in [3.63, 3.8) is 0 Å². The van der Waals surface area contributed by atoms with Gasteiger partial charge in [0.05, 0.1) is 5.52 Å². The van der Waals surface area contributed by atoms with Crippen molar-refractivity contribution in [2.45, 2.75) is 13.5 Å². The largest absolute Gasteiger partial charge is 0.506 e. The second kappa shape index (κ2) is 6.54. The number of nitrogens with zero attached hydrogens (tertiary/aromatic N) is 1. The quantitative estimate of drug-likeness (QED) is 0.590. The zero-order valence-corrected chi connectivity index (χ0v) is 13.3.